The van der Waals surface area contributed by atoms with E-state index in [2.05, 4.69) is 34.3 Å². The second kappa shape index (κ2) is 7.71. The Labute approximate surface area is 115 Å². The molecule has 0 fully saturated rings. The molecule has 0 saturated carbocycles. The van der Waals surface area contributed by atoms with Gasteiger partial charge in [-0.25, -0.2) is 0 Å². The molecule has 0 spiro atoms. The van der Waals surface area contributed by atoms with Crippen molar-refractivity contribution in [1.29, 1.82) is 0 Å². The number of nitrogens with one attached hydrogen (secondary N) is 1. The van der Waals surface area contributed by atoms with Crippen LogP contribution < -0.4 is 10.2 Å². The van der Waals surface area contributed by atoms with Crippen molar-refractivity contribution in [2.24, 2.45) is 0 Å². The van der Waals surface area contributed by atoms with Crippen molar-refractivity contribution in [2.75, 3.05) is 18.0 Å². The fourth-order valence-electron chi connectivity index (χ4n) is 1.83. The monoisotopic (exact) mass is 264 g/mol. The van der Waals surface area contributed by atoms with E-state index in [1.165, 1.54) is 0 Å². The first-order chi connectivity index (χ1) is 9.08. The molecule has 0 saturated heterocycles. The highest BCUT2D eigenvalue weighted by Gasteiger charge is 2.11. The van der Waals surface area contributed by atoms with Gasteiger partial charge in [-0.05, 0) is 38.8 Å². The molecule has 0 atom stereocenters. The largest absolute Gasteiger partial charge is 0.355 e. The van der Waals surface area contributed by atoms with Crippen LogP contribution in [-0.2, 0) is 0 Å². The number of anilines is 1. The number of hydrogen-bond donors (Lipinski definition) is 1. The zero-order valence-corrected chi connectivity index (χ0v) is 12.3. The predicted molar refractivity (Wildman–Crippen MR) is 77.4 cm³/mol. The lowest BCUT2D eigenvalue weighted by Gasteiger charge is -2.21. The van der Waals surface area contributed by atoms with Crippen LogP contribution in [0.2, 0.25) is 0 Å². The molecule has 5 nitrogen and oxygen atoms in total. The minimum absolute atomic E-state index is 0.102. The van der Waals surface area contributed by atoms with Crippen molar-refractivity contribution in [3.05, 3.63) is 17.8 Å². The van der Waals surface area contributed by atoms with Crippen LogP contribution >= 0.6 is 0 Å². The number of carbonyl (C=O) groups excluding carboxylic acids is 1. The van der Waals surface area contributed by atoms with Crippen LogP contribution in [0.5, 0.6) is 0 Å². The van der Waals surface area contributed by atoms with Gasteiger partial charge in [0.05, 0.1) is 0 Å². The van der Waals surface area contributed by atoms with E-state index < -0.39 is 0 Å². The van der Waals surface area contributed by atoms with Gasteiger partial charge in [-0.15, -0.1) is 10.2 Å². The normalized spacial score (nSPS) is 10.6. The molecular formula is C14H24N4O. The smallest absolute Gasteiger partial charge is 0.271 e. The number of amides is 1. The third-order valence-electron chi connectivity index (χ3n) is 2.61. The predicted octanol–water partition coefficient (Wildman–Crippen LogP) is 2.24. The first kappa shape index (κ1) is 15.4. The SMILES string of the molecule is CCCN(CCC)c1ccc(C(=O)NC(C)C)nn1. The van der Waals surface area contributed by atoms with Gasteiger partial charge in [0, 0.05) is 19.1 Å². The molecule has 1 aromatic heterocycles. The number of hydrogen-bond acceptors (Lipinski definition) is 4. The van der Waals surface area contributed by atoms with Crippen LogP contribution in [0.3, 0.4) is 0 Å². The van der Waals surface area contributed by atoms with E-state index in [0.717, 1.165) is 31.7 Å². The van der Waals surface area contributed by atoms with Crippen LogP contribution in [0, 0.1) is 0 Å². The van der Waals surface area contributed by atoms with Gasteiger partial charge in [0.25, 0.3) is 5.91 Å². The van der Waals surface area contributed by atoms with Crippen molar-refractivity contribution in [3.63, 3.8) is 0 Å². The zero-order chi connectivity index (χ0) is 14.3. The van der Waals surface area contributed by atoms with Gasteiger partial charge in [-0.2, -0.15) is 0 Å². The summed E-state index contributed by atoms with van der Waals surface area (Å²) in [4.78, 5) is 14.0. The van der Waals surface area contributed by atoms with E-state index >= 15 is 0 Å². The molecule has 5 heteroatoms. The van der Waals surface area contributed by atoms with Crippen molar-refractivity contribution in [2.45, 2.75) is 46.6 Å². The fraction of sp³-hybridized carbons (Fsp3) is 0.643. The van der Waals surface area contributed by atoms with Crippen LogP contribution in [0.4, 0.5) is 5.82 Å². The Kier molecular flexibility index (Phi) is 6.25. The molecule has 1 rings (SSSR count). The van der Waals surface area contributed by atoms with Gasteiger partial charge in [-0.1, -0.05) is 13.8 Å². The van der Waals surface area contributed by atoms with Gasteiger partial charge in [0.15, 0.2) is 11.5 Å². The van der Waals surface area contributed by atoms with E-state index in [9.17, 15) is 4.79 Å². The average molecular weight is 264 g/mol. The first-order valence-corrected chi connectivity index (χ1v) is 6.98. The van der Waals surface area contributed by atoms with Crippen molar-refractivity contribution in [1.82, 2.24) is 15.5 Å². The molecule has 1 heterocycles. The summed E-state index contributed by atoms with van der Waals surface area (Å²) in [7, 11) is 0. The maximum absolute atomic E-state index is 11.8. The molecule has 106 valence electrons. The number of rotatable bonds is 7. The highest BCUT2D eigenvalue weighted by molar-refractivity contribution is 5.92. The summed E-state index contributed by atoms with van der Waals surface area (Å²) in [5.74, 6) is 0.663. The summed E-state index contributed by atoms with van der Waals surface area (Å²) in [6.07, 6.45) is 2.13. The van der Waals surface area contributed by atoms with Crippen LogP contribution in [0.1, 0.15) is 51.0 Å². The molecule has 0 aliphatic carbocycles. The van der Waals surface area contributed by atoms with Gasteiger partial charge >= 0.3 is 0 Å². The second-order valence-electron chi connectivity index (χ2n) is 4.89. The number of carbonyl (C=O) groups is 1. The highest BCUT2D eigenvalue weighted by Crippen LogP contribution is 2.10. The molecule has 1 N–H and O–H groups in total. The molecule has 0 radical (unpaired) electrons. The summed E-state index contributed by atoms with van der Waals surface area (Å²) >= 11 is 0. The van der Waals surface area contributed by atoms with Crippen LogP contribution in [-0.4, -0.2) is 35.2 Å². The Hall–Kier alpha value is -1.65. The van der Waals surface area contributed by atoms with Gasteiger partial charge in [0.1, 0.15) is 0 Å². The zero-order valence-electron chi connectivity index (χ0n) is 12.3. The van der Waals surface area contributed by atoms with E-state index in [1.54, 1.807) is 6.07 Å². The van der Waals surface area contributed by atoms with Crippen molar-refractivity contribution in [3.8, 4) is 0 Å². The lowest BCUT2D eigenvalue weighted by atomic mass is 10.3. The van der Waals surface area contributed by atoms with Gasteiger partial charge in [0.2, 0.25) is 0 Å². The Morgan fingerprint density at radius 1 is 1.21 bits per heavy atom. The maximum Gasteiger partial charge on any atom is 0.271 e. The Morgan fingerprint density at radius 3 is 2.26 bits per heavy atom. The van der Waals surface area contributed by atoms with Gasteiger partial charge < -0.3 is 10.2 Å². The minimum Gasteiger partial charge on any atom is -0.355 e. The standard InChI is InChI=1S/C14H24N4O/c1-5-9-18(10-6-2)13-8-7-12(16-17-13)14(19)15-11(3)4/h7-8,11H,5-6,9-10H2,1-4H3,(H,15,19). The minimum atomic E-state index is -0.174. The molecule has 0 unspecified atom stereocenters. The van der Waals surface area contributed by atoms with E-state index in [1.807, 2.05) is 19.9 Å². The topological polar surface area (TPSA) is 58.1 Å². The van der Waals surface area contributed by atoms with Crippen LogP contribution in [0.15, 0.2) is 12.1 Å². The first-order valence-electron chi connectivity index (χ1n) is 6.98. The molecule has 0 bridgehead atoms. The lowest BCUT2D eigenvalue weighted by molar-refractivity contribution is 0.0937. The molecule has 0 aliphatic heterocycles. The fourth-order valence-corrected chi connectivity index (χ4v) is 1.83. The lowest BCUT2D eigenvalue weighted by Crippen LogP contribution is -2.31. The van der Waals surface area contributed by atoms with Crippen molar-refractivity contribution >= 4 is 11.7 Å². The van der Waals surface area contributed by atoms with E-state index in [0.29, 0.717) is 5.69 Å². The maximum atomic E-state index is 11.8. The third-order valence-corrected chi connectivity index (χ3v) is 2.61. The van der Waals surface area contributed by atoms with Crippen LogP contribution in [0.25, 0.3) is 0 Å². The van der Waals surface area contributed by atoms with Crippen molar-refractivity contribution < 1.29 is 4.79 Å². The summed E-state index contributed by atoms with van der Waals surface area (Å²) in [5.41, 5.74) is 0.366. The average Bonchev–Trinajstić information content (AvgIpc) is 2.38. The van der Waals surface area contributed by atoms with Gasteiger partial charge in [-0.3, -0.25) is 4.79 Å². The number of aromatic nitrogens is 2. The summed E-state index contributed by atoms with van der Waals surface area (Å²) in [6, 6.07) is 3.71. The summed E-state index contributed by atoms with van der Waals surface area (Å²) < 4.78 is 0. The summed E-state index contributed by atoms with van der Waals surface area (Å²) in [6.45, 7) is 10.0. The van der Waals surface area contributed by atoms with E-state index in [-0.39, 0.29) is 11.9 Å². The van der Waals surface area contributed by atoms with E-state index in [4.69, 9.17) is 0 Å². The molecular weight excluding hydrogens is 240 g/mol. The molecule has 1 amide bonds. The molecule has 0 aromatic carbocycles. The Balaban J connectivity index is 2.76. The molecule has 0 aliphatic rings. The number of nitrogens with zero attached hydrogens (tertiary/aromatic N) is 3. The summed E-state index contributed by atoms with van der Waals surface area (Å²) in [5, 5.41) is 11.0. The second-order valence-corrected chi connectivity index (χ2v) is 4.89. The highest BCUT2D eigenvalue weighted by atomic mass is 16.2. The third kappa shape index (κ3) is 4.85. The Bertz CT molecular complexity index is 383. The molecule has 19 heavy (non-hydrogen) atoms. The quantitative estimate of drug-likeness (QED) is 0.820. The molecule has 1 aromatic rings. The Morgan fingerprint density at radius 2 is 1.84 bits per heavy atom.